The van der Waals surface area contributed by atoms with E-state index in [1.165, 1.54) is 0 Å². The van der Waals surface area contributed by atoms with Gasteiger partial charge < -0.3 is 9.72 Å². The van der Waals surface area contributed by atoms with Gasteiger partial charge in [0.1, 0.15) is 6.33 Å². The van der Waals surface area contributed by atoms with Crippen LogP contribution in [0.4, 0.5) is 5.69 Å². The Bertz CT molecular complexity index is 923. The van der Waals surface area contributed by atoms with E-state index in [0.29, 0.717) is 17.2 Å². The van der Waals surface area contributed by atoms with Crippen LogP contribution in [0.15, 0.2) is 67.8 Å². The number of amides is 1. The molecule has 112 valence electrons. The average Bonchev–Trinajstić information content (AvgIpc) is 3.25. The zero-order chi connectivity index (χ0) is 15.6. The maximum atomic E-state index is 12.3. The van der Waals surface area contributed by atoms with Crippen LogP contribution in [0.2, 0.25) is 0 Å². The van der Waals surface area contributed by atoms with Gasteiger partial charge in [0.15, 0.2) is 0 Å². The molecular formula is C16H12N6O. The predicted octanol–water partition coefficient (Wildman–Crippen LogP) is 2.17. The molecule has 1 amide bonds. The Labute approximate surface area is 131 Å². The number of anilines is 1. The summed E-state index contributed by atoms with van der Waals surface area (Å²) < 4.78 is 3.58. The number of rotatable bonds is 3. The largest absolute Gasteiger partial charge is 0.323 e. The van der Waals surface area contributed by atoms with Gasteiger partial charge in [-0.3, -0.25) is 9.36 Å². The lowest BCUT2D eigenvalue weighted by Gasteiger charge is -2.04. The Balaban J connectivity index is 1.54. The Hall–Kier alpha value is -3.48. The first-order valence-corrected chi connectivity index (χ1v) is 6.98. The fraction of sp³-hybridized carbons (Fsp3) is 0. The molecule has 0 radical (unpaired) electrons. The first-order chi connectivity index (χ1) is 11.3. The van der Waals surface area contributed by atoms with Crippen molar-refractivity contribution < 1.29 is 4.79 Å². The number of hydrogen-bond donors (Lipinski definition) is 1. The van der Waals surface area contributed by atoms with Crippen LogP contribution in [0.25, 0.3) is 11.5 Å². The summed E-state index contributed by atoms with van der Waals surface area (Å²) in [5.74, 6) is 0.294. The SMILES string of the molecule is O=C(Nc1cnc(-n2ccnc2)nc1)c1cc2ccccn2c1. The molecule has 7 nitrogen and oxygen atoms in total. The Morgan fingerprint density at radius 1 is 1.13 bits per heavy atom. The summed E-state index contributed by atoms with van der Waals surface area (Å²) in [4.78, 5) is 24.6. The number of hydrogen-bond acceptors (Lipinski definition) is 4. The summed E-state index contributed by atoms with van der Waals surface area (Å²) >= 11 is 0. The van der Waals surface area contributed by atoms with Crippen molar-refractivity contribution in [1.29, 1.82) is 0 Å². The molecule has 7 heteroatoms. The molecule has 4 aromatic rings. The second-order valence-electron chi connectivity index (χ2n) is 4.96. The number of carbonyl (C=O) groups excluding carboxylic acids is 1. The van der Waals surface area contributed by atoms with Gasteiger partial charge in [0.05, 0.1) is 23.6 Å². The number of imidazole rings is 1. The molecule has 0 saturated carbocycles. The molecule has 0 saturated heterocycles. The highest BCUT2D eigenvalue weighted by Crippen LogP contribution is 2.12. The van der Waals surface area contributed by atoms with Gasteiger partial charge in [0.25, 0.3) is 5.91 Å². The third kappa shape index (κ3) is 2.55. The van der Waals surface area contributed by atoms with E-state index < -0.39 is 0 Å². The molecule has 0 aliphatic rings. The van der Waals surface area contributed by atoms with Crippen LogP contribution in [-0.2, 0) is 0 Å². The van der Waals surface area contributed by atoms with Gasteiger partial charge in [-0.25, -0.2) is 15.0 Å². The summed E-state index contributed by atoms with van der Waals surface area (Å²) in [6.07, 6.45) is 11.8. The fourth-order valence-electron chi connectivity index (χ4n) is 2.28. The van der Waals surface area contributed by atoms with E-state index in [4.69, 9.17) is 0 Å². The van der Waals surface area contributed by atoms with Crippen molar-refractivity contribution in [1.82, 2.24) is 23.9 Å². The minimum atomic E-state index is -0.201. The fourth-order valence-corrected chi connectivity index (χ4v) is 2.28. The van der Waals surface area contributed by atoms with Crippen molar-refractivity contribution in [2.75, 3.05) is 5.32 Å². The smallest absolute Gasteiger partial charge is 0.257 e. The molecule has 0 aromatic carbocycles. The summed E-state index contributed by atoms with van der Waals surface area (Å²) in [5.41, 5.74) is 2.08. The van der Waals surface area contributed by atoms with E-state index in [2.05, 4.69) is 20.3 Å². The van der Waals surface area contributed by atoms with E-state index in [1.54, 1.807) is 41.9 Å². The van der Waals surface area contributed by atoms with Gasteiger partial charge in [-0.1, -0.05) is 6.07 Å². The van der Waals surface area contributed by atoms with E-state index in [0.717, 1.165) is 5.52 Å². The first-order valence-electron chi connectivity index (χ1n) is 6.98. The van der Waals surface area contributed by atoms with Crippen LogP contribution in [-0.4, -0.2) is 29.8 Å². The molecule has 23 heavy (non-hydrogen) atoms. The zero-order valence-corrected chi connectivity index (χ0v) is 12.0. The lowest BCUT2D eigenvalue weighted by molar-refractivity contribution is 0.102. The zero-order valence-electron chi connectivity index (χ0n) is 12.0. The van der Waals surface area contributed by atoms with Crippen molar-refractivity contribution in [3.63, 3.8) is 0 Å². The van der Waals surface area contributed by atoms with Crippen LogP contribution in [0.3, 0.4) is 0 Å². The third-order valence-electron chi connectivity index (χ3n) is 3.40. The minimum absolute atomic E-state index is 0.201. The Morgan fingerprint density at radius 3 is 2.74 bits per heavy atom. The normalized spacial score (nSPS) is 10.8. The van der Waals surface area contributed by atoms with Crippen LogP contribution in [0.1, 0.15) is 10.4 Å². The molecule has 0 spiro atoms. The van der Waals surface area contributed by atoms with E-state index in [9.17, 15) is 4.79 Å². The molecular weight excluding hydrogens is 292 g/mol. The number of nitrogens with one attached hydrogen (secondary N) is 1. The van der Waals surface area contributed by atoms with Crippen molar-refractivity contribution in [3.05, 3.63) is 73.3 Å². The van der Waals surface area contributed by atoms with Gasteiger partial charge in [-0.05, 0) is 18.2 Å². The monoisotopic (exact) mass is 304 g/mol. The maximum Gasteiger partial charge on any atom is 0.257 e. The highest BCUT2D eigenvalue weighted by Gasteiger charge is 2.09. The number of carbonyl (C=O) groups is 1. The molecule has 0 aliphatic heterocycles. The molecule has 4 rings (SSSR count). The lowest BCUT2D eigenvalue weighted by atomic mass is 10.3. The Morgan fingerprint density at radius 2 is 2.00 bits per heavy atom. The second-order valence-corrected chi connectivity index (χ2v) is 4.96. The van der Waals surface area contributed by atoms with Crippen molar-refractivity contribution in [2.45, 2.75) is 0 Å². The molecule has 0 fully saturated rings. The Kier molecular flexibility index (Phi) is 3.09. The number of fused-ring (bicyclic) bond motifs is 1. The van der Waals surface area contributed by atoms with Gasteiger partial charge in [-0.15, -0.1) is 0 Å². The highest BCUT2D eigenvalue weighted by molar-refractivity contribution is 6.04. The van der Waals surface area contributed by atoms with Gasteiger partial charge in [0.2, 0.25) is 5.95 Å². The maximum absolute atomic E-state index is 12.3. The summed E-state index contributed by atoms with van der Waals surface area (Å²) in [6, 6.07) is 7.62. The number of pyridine rings is 1. The van der Waals surface area contributed by atoms with E-state index >= 15 is 0 Å². The van der Waals surface area contributed by atoms with Gasteiger partial charge in [0, 0.05) is 30.3 Å². The minimum Gasteiger partial charge on any atom is -0.323 e. The van der Waals surface area contributed by atoms with Crippen LogP contribution < -0.4 is 5.32 Å². The second kappa shape index (κ2) is 5.38. The molecule has 4 aromatic heterocycles. The predicted molar refractivity (Wildman–Crippen MR) is 84.5 cm³/mol. The molecule has 0 atom stereocenters. The van der Waals surface area contributed by atoms with E-state index in [1.807, 2.05) is 34.9 Å². The third-order valence-corrected chi connectivity index (χ3v) is 3.40. The first kappa shape index (κ1) is 13.2. The number of nitrogens with zero attached hydrogens (tertiary/aromatic N) is 5. The van der Waals surface area contributed by atoms with Crippen molar-refractivity contribution in [2.24, 2.45) is 0 Å². The van der Waals surface area contributed by atoms with Crippen molar-refractivity contribution >= 4 is 17.1 Å². The molecule has 0 aliphatic carbocycles. The van der Waals surface area contributed by atoms with Gasteiger partial charge in [-0.2, -0.15) is 0 Å². The van der Waals surface area contributed by atoms with Crippen LogP contribution >= 0.6 is 0 Å². The standard InChI is InChI=1S/C16H12N6O/c23-15(12-7-14-3-1-2-5-21(14)10-12)20-13-8-18-16(19-9-13)22-6-4-17-11-22/h1-11H,(H,20,23). The average molecular weight is 304 g/mol. The van der Waals surface area contributed by atoms with Gasteiger partial charge >= 0.3 is 0 Å². The van der Waals surface area contributed by atoms with Crippen LogP contribution in [0.5, 0.6) is 0 Å². The number of aromatic nitrogens is 5. The lowest BCUT2D eigenvalue weighted by Crippen LogP contribution is -2.12. The molecule has 4 heterocycles. The van der Waals surface area contributed by atoms with E-state index in [-0.39, 0.29) is 5.91 Å². The van der Waals surface area contributed by atoms with Crippen molar-refractivity contribution in [3.8, 4) is 5.95 Å². The highest BCUT2D eigenvalue weighted by atomic mass is 16.1. The summed E-state index contributed by atoms with van der Waals surface area (Å²) in [6.45, 7) is 0. The molecule has 0 unspecified atom stereocenters. The quantitative estimate of drug-likeness (QED) is 0.629. The summed E-state index contributed by atoms with van der Waals surface area (Å²) in [5, 5.41) is 2.79. The molecule has 1 N–H and O–H groups in total. The topological polar surface area (TPSA) is 77.1 Å². The molecule has 0 bridgehead atoms. The van der Waals surface area contributed by atoms with Crippen LogP contribution in [0, 0.1) is 0 Å². The summed E-state index contributed by atoms with van der Waals surface area (Å²) in [7, 11) is 0.